The van der Waals surface area contributed by atoms with Crippen molar-refractivity contribution in [3.8, 4) is 0 Å². The first kappa shape index (κ1) is 11.4. The molecule has 0 amide bonds. The fourth-order valence-electron chi connectivity index (χ4n) is 1.49. The minimum absolute atomic E-state index is 0.591. The molecule has 0 heterocycles. The van der Waals surface area contributed by atoms with Crippen LogP contribution in [0, 0.1) is 5.92 Å². The van der Waals surface area contributed by atoms with Crippen molar-refractivity contribution >= 4 is 17.3 Å². The molecule has 1 rings (SSSR count). The number of rotatable bonds is 4. The highest BCUT2D eigenvalue weighted by Gasteiger charge is 2.02. The van der Waals surface area contributed by atoms with E-state index in [1.807, 2.05) is 0 Å². The third kappa shape index (κ3) is 3.22. The van der Waals surface area contributed by atoms with Crippen LogP contribution in [0.3, 0.4) is 0 Å². The highest BCUT2D eigenvalue weighted by atomic mass is 35.5. The highest BCUT2D eigenvalue weighted by molar-refractivity contribution is 6.17. The Morgan fingerprint density at radius 3 is 2.21 bits per heavy atom. The number of alkyl halides is 1. The summed E-state index contributed by atoms with van der Waals surface area (Å²) in [7, 11) is 2.12. The maximum Gasteiger partial charge on any atom is 0.0474 e. The predicted molar refractivity (Wildman–Crippen MR) is 64.1 cm³/mol. The van der Waals surface area contributed by atoms with E-state index in [9.17, 15) is 0 Å². The summed E-state index contributed by atoms with van der Waals surface area (Å²) in [5, 5.41) is 0. The second kappa shape index (κ2) is 5.26. The molecule has 0 saturated heterocycles. The van der Waals surface area contributed by atoms with E-state index in [4.69, 9.17) is 11.6 Å². The molecule has 0 aliphatic carbocycles. The van der Waals surface area contributed by atoms with Gasteiger partial charge in [-0.05, 0) is 23.6 Å². The molecule has 0 aliphatic heterocycles. The molecule has 0 bridgehead atoms. The second-order valence-electron chi connectivity index (χ2n) is 4.07. The minimum Gasteiger partial charge on any atom is -0.374 e. The van der Waals surface area contributed by atoms with Gasteiger partial charge in [0.15, 0.2) is 0 Å². The van der Waals surface area contributed by atoms with Crippen molar-refractivity contribution in [2.45, 2.75) is 19.7 Å². The largest absolute Gasteiger partial charge is 0.374 e. The fraction of sp³-hybridized carbons (Fsp3) is 0.500. The van der Waals surface area contributed by atoms with Crippen molar-refractivity contribution in [1.29, 1.82) is 0 Å². The smallest absolute Gasteiger partial charge is 0.0474 e. The number of nitrogens with zero attached hydrogens (tertiary/aromatic N) is 1. The van der Waals surface area contributed by atoms with E-state index < -0.39 is 0 Å². The van der Waals surface area contributed by atoms with Crippen molar-refractivity contribution in [3.05, 3.63) is 29.8 Å². The van der Waals surface area contributed by atoms with E-state index in [2.05, 4.69) is 50.1 Å². The van der Waals surface area contributed by atoms with Gasteiger partial charge >= 0.3 is 0 Å². The molecule has 0 fully saturated rings. The van der Waals surface area contributed by atoms with Gasteiger partial charge in [0.05, 0.1) is 0 Å². The van der Waals surface area contributed by atoms with E-state index in [-0.39, 0.29) is 0 Å². The monoisotopic (exact) mass is 211 g/mol. The number of hydrogen-bond acceptors (Lipinski definition) is 1. The van der Waals surface area contributed by atoms with Crippen LogP contribution >= 0.6 is 11.6 Å². The van der Waals surface area contributed by atoms with E-state index in [0.717, 1.165) is 6.54 Å². The van der Waals surface area contributed by atoms with E-state index in [0.29, 0.717) is 11.8 Å². The van der Waals surface area contributed by atoms with Gasteiger partial charge in [-0.1, -0.05) is 26.0 Å². The van der Waals surface area contributed by atoms with Gasteiger partial charge in [0, 0.05) is 25.2 Å². The SMILES string of the molecule is CC(C)CN(C)c1ccc(CCl)cc1. The normalized spacial score (nSPS) is 10.6. The third-order valence-corrected chi connectivity index (χ3v) is 2.48. The zero-order valence-corrected chi connectivity index (χ0v) is 9.88. The van der Waals surface area contributed by atoms with Crippen molar-refractivity contribution in [2.75, 3.05) is 18.5 Å². The molecular weight excluding hydrogens is 194 g/mol. The predicted octanol–water partition coefficient (Wildman–Crippen LogP) is 3.52. The Balaban J connectivity index is 2.66. The molecule has 0 aliphatic rings. The zero-order chi connectivity index (χ0) is 10.6. The molecule has 14 heavy (non-hydrogen) atoms. The van der Waals surface area contributed by atoms with Gasteiger partial charge in [0.2, 0.25) is 0 Å². The molecule has 1 aromatic carbocycles. The van der Waals surface area contributed by atoms with Gasteiger partial charge in [-0.2, -0.15) is 0 Å². The van der Waals surface area contributed by atoms with Crippen LogP contribution < -0.4 is 4.90 Å². The lowest BCUT2D eigenvalue weighted by Crippen LogP contribution is -2.22. The van der Waals surface area contributed by atoms with Crippen LogP contribution in [0.1, 0.15) is 19.4 Å². The summed E-state index contributed by atoms with van der Waals surface area (Å²) >= 11 is 5.73. The zero-order valence-electron chi connectivity index (χ0n) is 9.13. The third-order valence-electron chi connectivity index (χ3n) is 2.17. The van der Waals surface area contributed by atoms with Gasteiger partial charge in [0.25, 0.3) is 0 Å². The molecule has 0 atom stereocenters. The molecule has 1 nitrogen and oxygen atoms in total. The summed E-state index contributed by atoms with van der Waals surface area (Å²) in [4.78, 5) is 2.27. The van der Waals surface area contributed by atoms with Crippen LogP contribution in [0.15, 0.2) is 24.3 Å². The molecular formula is C12H18ClN. The number of halogens is 1. The molecule has 1 aromatic rings. The Morgan fingerprint density at radius 1 is 1.21 bits per heavy atom. The molecule has 0 radical (unpaired) electrons. The Kier molecular flexibility index (Phi) is 4.27. The number of benzene rings is 1. The summed E-state index contributed by atoms with van der Waals surface area (Å²) < 4.78 is 0. The summed E-state index contributed by atoms with van der Waals surface area (Å²) in [6.07, 6.45) is 0. The number of hydrogen-bond donors (Lipinski definition) is 0. The average Bonchev–Trinajstić information content (AvgIpc) is 2.17. The van der Waals surface area contributed by atoms with Gasteiger partial charge in [-0.25, -0.2) is 0 Å². The fourth-order valence-corrected chi connectivity index (χ4v) is 1.67. The van der Waals surface area contributed by atoms with Crippen LogP contribution in [0.25, 0.3) is 0 Å². The lowest BCUT2D eigenvalue weighted by atomic mass is 10.2. The molecule has 2 heteroatoms. The first-order valence-electron chi connectivity index (χ1n) is 4.99. The summed E-state index contributed by atoms with van der Waals surface area (Å²) in [5.74, 6) is 1.28. The van der Waals surface area contributed by atoms with Crippen molar-refractivity contribution < 1.29 is 0 Å². The number of anilines is 1. The topological polar surface area (TPSA) is 3.24 Å². The van der Waals surface area contributed by atoms with E-state index >= 15 is 0 Å². The van der Waals surface area contributed by atoms with Crippen molar-refractivity contribution in [1.82, 2.24) is 0 Å². The second-order valence-corrected chi connectivity index (χ2v) is 4.34. The Hall–Kier alpha value is -0.690. The first-order chi connectivity index (χ1) is 6.63. The first-order valence-corrected chi connectivity index (χ1v) is 5.53. The van der Waals surface area contributed by atoms with Crippen LogP contribution in [-0.2, 0) is 5.88 Å². The molecule has 0 spiro atoms. The van der Waals surface area contributed by atoms with E-state index in [1.54, 1.807) is 0 Å². The van der Waals surface area contributed by atoms with Crippen LogP contribution in [0.2, 0.25) is 0 Å². The standard InChI is InChI=1S/C12H18ClN/c1-10(2)9-14(3)12-6-4-11(8-13)5-7-12/h4-7,10H,8-9H2,1-3H3. The maximum atomic E-state index is 5.73. The lowest BCUT2D eigenvalue weighted by molar-refractivity contribution is 0.638. The van der Waals surface area contributed by atoms with Crippen molar-refractivity contribution in [2.24, 2.45) is 5.92 Å². The van der Waals surface area contributed by atoms with Gasteiger partial charge in [-0.15, -0.1) is 11.6 Å². The lowest BCUT2D eigenvalue weighted by Gasteiger charge is -2.21. The summed E-state index contributed by atoms with van der Waals surface area (Å²) in [6, 6.07) is 8.42. The van der Waals surface area contributed by atoms with Crippen LogP contribution in [0.4, 0.5) is 5.69 Å². The van der Waals surface area contributed by atoms with Gasteiger partial charge < -0.3 is 4.90 Å². The average molecular weight is 212 g/mol. The molecule has 0 N–H and O–H groups in total. The molecule has 0 aromatic heterocycles. The minimum atomic E-state index is 0.591. The van der Waals surface area contributed by atoms with Crippen LogP contribution in [0.5, 0.6) is 0 Å². The highest BCUT2D eigenvalue weighted by Crippen LogP contribution is 2.15. The quantitative estimate of drug-likeness (QED) is 0.689. The Bertz CT molecular complexity index is 266. The molecule has 0 unspecified atom stereocenters. The van der Waals surface area contributed by atoms with Gasteiger partial charge in [-0.3, -0.25) is 0 Å². The van der Waals surface area contributed by atoms with Crippen LogP contribution in [-0.4, -0.2) is 13.6 Å². The summed E-state index contributed by atoms with van der Waals surface area (Å²) in [6.45, 7) is 5.54. The maximum absolute atomic E-state index is 5.73. The van der Waals surface area contributed by atoms with Gasteiger partial charge in [0.1, 0.15) is 0 Å². The van der Waals surface area contributed by atoms with Crippen molar-refractivity contribution in [3.63, 3.8) is 0 Å². The Labute approximate surface area is 91.7 Å². The molecule has 78 valence electrons. The summed E-state index contributed by atoms with van der Waals surface area (Å²) in [5.41, 5.74) is 2.43. The van der Waals surface area contributed by atoms with E-state index in [1.165, 1.54) is 11.3 Å². The Morgan fingerprint density at radius 2 is 1.79 bits per heavy atom. The molecule has 0 saturated carbocycles.